The van der Waals surface area contributed by atoms with Crippen LogP contribution in [-0.4, -0.2) is 53.9 Å². The van der Waals surface area contributed by atoms with Gasteiger partial charge in [0.15, 0.2) is 0 Å². The molecule has 0 aliphatic carbocycles. The lowest BCUT2D eigenvalue weighted by Crippen LogP contribution is -2.49. The molecule has 0 bridgehead atoms. The molecule has 174 valence electrons. The number of nitrogens with zero attached hydrogens (tertiary/aromatic N) is 5. The van der Waals surface area contributed by atoms with E-state index in [0.717, 1.165) is 16.9 Å². The van der Waals surface area contributed by atoms with Crippen LogP contribution in [0.1, 0.15) is 11.4 Å². The molecule has 0 radical (unpaired) electrons. The summed E-state index contributed by atoms with van der Waals surface area (Å²) in [6.07, 6.45) is 1.62. The molecule has 1 N–H and O–H groups in total. The van der Waals surface area contributed by atoms with Crippen molar-refractivity contribution in [1.29, 1.82) is 0 Å². The first kappa shape index (κ1) is 22.2. The van der Waals surface area contributed by atoms with E-state index in [9.17, 15) is 8.42 Å². The van der Waals surface area contributed by atoms with Crippen LogP contribution in [0.2, 0.25) is 0 Å². The van der Waals surface area contributed by atoms with Crippen LogP contribution in [0.25, 0.3) is 10.9 Å². The van der Waals surface area contributed by atoms with Gasteiger partial charge in [0.2, 0.25) is 10.0 Å². The number of anilines is 3. The van der Waals surface area contributed by atoms with E-state index in [1.54, 1.807) is 18.3 Å². The third kappa shape index (κ3) is 4.44. The zero-order valence-corrected chi connectivity index (χ0v) is 20.0. The molecular weight excluding hydrogens is 448 g/mol. The van der Waals surface area contributed by atoms with E-state index in [1.807, 2.05) is 62.4 Å². The van der Waals surface area contributed by atoms with E-state index in [-0.39, 0.29) is 4.90 Å². The van der Waals surface area contributed by atoms with Gasteiger partial charge in [-0.3, -0.25) is 4.98 Å². The molecule has 1 aliphatic rings. The summed E-state index contributed by atoms with van der Waals surface area (Å²) < 4.78 is 28.4. The number of sulfonamides is 1. The quantitative estimate of drug-likeness (QED) is 0.469. The zero-order chi connectivity index (χ0) is 23.7. The number of hydrogen-bond donors (Lipinski definition) is 1. The van der Waals surface area contributed by atoms with Gasteiger partial charge in [-0.1, -0.05) is 35.9 Å². The molecule has 0 spiro atoms. The van der Waals surface area contributed by atoms with Crippen molar-refractivity contribution in [1.82, 2.24) is 19.3 Å². The van der Waals surface area contributed by atoms with Crippen LogP contribution < -0.4 is 10.2 Å². The highest BCUT2D eigenvalue weighted by molar-refractivity contribution is 7.89. The second-order valence-corrected chi connectivity index (χ2v) is 10.3. The van der Waals surface area contributed by atoms with E-state index in [0.29, 0.717) is 43.3 Å². The van der Waals surface area contributed by atoms with Crippen molar-refractivity contribution in [3.63, 3.8) is 0 Å². The number of hydrogen-bond acceptors (Lipinski definition) is 7. The minimum Gasteiger partial charge on any atom is -0.354 e. The van der Waals surface area contributed by atoms with Gasteiger partial charge in [-0.2, -0.15) is 4.31 Å². The number of nitrogens with one attached hydrogen (secondary N) is 1. The first-order valence-electron chi connectivity index (χ1n) is 11.2. The Morgan fingerprint density at radius 3 is 2.38 bits per heavy atom. The van der Waals surface area contributed by atoms with Crippen molar-refractivity contribution < 1.29 is 8.42 Å². The third-order valence-corrected chi connectivity index (χ3v) is 7.85. The van der Waals surface area contributed by atoms with Crippen molar-refractivity contribution in [2.45, 2.75) is 18.7 Å². The van der Waals surface area contributed by atoms with Crippen LogP contribution in [-0.2, 0) is 10.0 Å². The summed E-state index contributed by atoms with van der Waals surface area (Å²) >= 11 is 0. The number of fused-ring (bicyclic) bond motifs is 1. The number of aromatic nitrogens is 3. The molecule has 1 saturated heterocycles. The summed E-state index contributed by atoms with van der Waals surface area (Å²) in [7, 11) is -3.66. The number of aryl methyl sites for hydroxylation is 2. The average Bonchev–Trinajstić information content (AvgIpc) is 2.85. The normalized spacial score (nSPS) is 14.9. The Morgan fingerprint density at radius 1 is 0.882 bits per heavy atom. The van der Waals surface area contributed by atoms with E-state index in [2.05, 4.69) is 25.2 Å². The third-order valence-electron chi connectivity index (χ3n) is 5.92. The van der Waals surface area contributed by atoms with Crippen LogP contribution in [0, 0.1) is 13.8 Å². The smallest absolute Gasteiger partial charge is 0.245 e. The molecular formula is C25H26N6O2S. The molecule has 8 nitrogen and oxygen atoms in total. The average molecular weight is 475 g/mol. The minimum atomic E-state index is -3.66. The van der Waals surface area contributed by atoms with Crippen molar-refractivity contribution >= 4 is 38.2 Å². The van der Waals surface area contributed by atoms with Crippen LogP contribution in [0.5, 0.6) is 0 Å². The second-order valence-electron chi connectivity index (χ2n) is 8.37. The second kappa shape index (κ2) is 9.00. The Kier molecular flexibility index (Phi) is 5.89. The van der Waals surface area contributed by atoms with Crippen molar-refractivity contribution in [2.75, 3.05) is 36.4 Å². The van der Waals surface area contributed by atoms with Gasteiger partial charge in [-0.15, -0.1) is 0 Å². The number of rotatable bonds is 5. The monoisotopic (exact) mass is 474 g/mol. The lowest BCUT2D eigenvalue weighted by Gasteiger charge is -2.35. The highest BCUT2D eigenvalue weighted by Crippen LogP contribution is 2.26. The van der Waals surface area contributed by atoms with E-state index >= 15 is 0 Å². The standard InChI is InChI=1S/C25H26N6O2S/c1-18-8-10-21(11-9-18)29-23-17-24(28-19(2)27-23)30-13-15-31(16-14-30)34(32,33)22-7-3-5-20-6-4-12-26-25(20)22/h3-12,17H,13-16H2,1-2H3,(H,27,28,29). The lowest BCUT2D eigenvalue weighted by atomic mass is 10.2. The molecule has 0 saturated carbocycles. The SMILES string of the molecule is Cc1ccc(Nc2cc(N3CCN(S(=O)(=O)c4cccc5cccnc45)CC3)nc(C)n2)cc1. The summed E-state index contributed by atoms with van der Waals surface area (Å²) in [6, 6.07) is 19.0. The zero-order valence-electron chi connectivity index (χ0n) is 19.1. The van der Waals surface area contributed by atoms with Gasteiger partial charge < -0.3 is 10.2 Å². The van der Waals surface area contributed by atoms with Gasteiger partial charge in [0, 0.05) is 49.5 Å². The topological polar surface area (TPSA) is 91.3 Å². The summed E-state index contributed by atoms with van der Waals surface area (Å²) in [4.78, 5) is 15.8. The molecule has 5 rings (SSSR count). The van der Waals surface area contributed by atoms with Gasteiger partial charge >= 0.3 is 0 Å². The maximum atomic E-state index is 13.4. The molecule has 1 fully saturated rings. The van der Waals surface area contributed by atoms with E-state index < -0.39 is 10.0 Å². The Hall–Kier alpha value is -3.56. The predicted molar refractivity (Wildman–Crippen MR) is 134 cm³/mol. The van der Waals surface area contributed by atoms with Crippen LogP contribution >= 0.6 is 0 Å². The summed E-state index contributed by atoms with van der Waals surface area (Å²) in [5.41, 5.74) is 2.65. The number of para-hydroxylation sites is 1. The van der Waals surface area contributed by atoms with Crippen LogP contribution in [0.4, 0.5) is 17.3 Å². The molecule has 0 amide bonds. The number of piperazine rings is 1. The summed E-state index contributed by atoms with van der Waals surface area (Å²) in [6.45, 7) is 5.73. The van der Waals surface area contributed by atoms with Crippen molar-refractivity contribution in [2.24, 2.45) is 0 Å². The maximum Gasteiger partial charge on any atom is 0.245 e. The first-order chi connectivity index (χ1) is 16.4. The molecule has 0 unspecified atom stereocenters. The Balaban J connectivity index is 1.33. The van der Waals surface area contributed by atoms with Crippen molar-refractivity contribution in [3.05, 3.63) is 78.2 Å². The largest absolute Gasteiger partial charge is 0.354 e. The molecule has 1 aliphatic heterocycles. The number of pyridine rings is 1. The maximum absolute atomic E-state index is 13.4. The van der Waals surface area contributed by atoms with Crippen LogP contribution in [0.15, 0.2) is 71.8 Å². The fourth-order valence-corrected chi connectivity index (χ4v) is 5.73. The number of benzene rings is 2. The minimum absolute atomic E-state index is 0.251. The Labute approximate surface area is 199 Å². The molecule has 0 atom stereocenters. The molecule has 3 heterocycles. The highest BCUT2D eigenvalue weighted by Gasteiger charge is 2.30. The van der Waals surface area contributed by atoms with Gasteiger partial charge in [-0.25, -0.2) is 18.4 Å². The fourth-order valence-electron chi connectivity index (χ4n) is 4.14. The summed E-state index contributed by atoms with van der Waals surface area (Å²) in [5, 5.41) is 4.14. The predicted octanol–water partition coefficient (Wildman–Crippen LogP) is 3.90. The van der Waals surface area contributed by atoms with Crippen molar-refractivity contribution in [3.8, 4) is 0 Å². The fraction of sp³-hybridized carbons (Fsp3) is 0.240. The Bertz CT molecular complexity index is 1430. The van der Waals surface area contributed by atoms with E-state index in [4.69, 9.17) is 0 Å². The van der Waals surface area contributed by atoms with Gasteiger partial charge in [-0.05, 0) is 38.1 Å². The highest BCUT2D eigenvalue weighted by atomic mass is 32.2. The Morgan fingerprint density at radius 2 is 1.62 bits per heavy atom. The van der Waals surface area contributed by atoms with Gasteiger partial charge in [0.05, 0.1) is 5.52 Å². The molecule has 2 aromatic heterocycles. The molecule has 2 aromatic carbocycles. The van der Waals surface area contributed by atoms with Gasteiger partial charge in [0.1, 0.15) is 22.4 Å². The molecule has 4 aromatic rings. The molecule has 34 heavy (non-hydrogen) atoms. The van der Waals surface area contributed by atoms with E-state index in [1.165, 1.54) is 9.87 Å². The van der Waals surface area contributed by atoms with Crippen LogP contribution in [0.3, 0.4) is 0 Å². The lowest BCUT2D eigenvalue weighted by molar-refractivity contribution is 0.384. The first-order valence-corrected chi connectivity index (χ1v) is 12.6. The van der Waals surface area contributed by atoms with Gasteiger partial charge in [0.25, 0.3) is 0 Å². The molecule has 9 heteroatoms. The summed E-state index contributed by atoms with van der Waals surface area (Å²) in [5.74, 6) is 2.15.